The molecular formula is C13H19BrClNO. The SMILES string of the molecule is CCC(CC)C(CO)Nc1ccc(Cl)c(Br)c1. The van der Waals surface area contributed by atoms with Gasteiger partial charge >= 0.3 is 0 Å². The highest BCUT2D eigenvalue weighted by Crippen LogP contribution is 2.27. The van der Waals surface area contributed by atoms with E-state index in [-0.39, 0.29) is 12.6 Å². The number of nitrogens with one attached hydrogen (secondary N) is 1. The summed E-state index contributed by atoms with van der Waals surface area (Å²) in [6, 6.07) is 5.80. The number of benzene rings is 1. The van der Waals surface area contributed by atoms with Gasteiger partial charge in [0.2, 0.25) is 0 Å². The summed E-state index contributed by atoms with van der Waals surface area (Å²) in [6.07, 6.45) is 2.12. The Morgan fingerprint density at radius 2 is 2.00 bits per heavy atom. The molecule has 0 saturated heterocycles. The van der Waals surface area contributed by atoms with E-state index >= 15 is 0 Å². The van der Waals surface area contributed by atoms with Gasteiger partial charge in [-0.15, -0.1) is 0 Å². The van der Waals surface area contributed by atoms with Crippen molar-refractivity contribution in [2.24, 2.45) is 5.92 Å². The van der Waals surface area contributed by atoms with Crippen LogP contribution in [0, 0.1) is 5.92 Å². The Bertz CT molecular complexity index is 355. The minimum absolute atomic E-state index is 0.0954. The van der Waals surface area contributed by atoms with Crippen LogP contribution in [-0.4, -0.2) is 17.8 Å². The summed E-state index contributed by atoms with van der Waals surface area (Å²) in [6.45, 7) is 4.44. The van der Waals surface area contributed by atoms with Crippen molar-refractivity contribution in [2.75, 3.05) is 11.9 Å². The molecule has 2 N–H and O–H groups in total. The van der Waals surface area contributed by atoms with E-state index in [1.165, 1.54) is 0 Å². The van der Waals surface area contributed by atoms with Crippen LogP contribution < -0.4 is 5.32 Å². The number of halogens is 2. The molecule has 17 heavy (non-hydrogen) atoms. The van der Waals surface area contributed by atoms with Gasteiger partial charge in [-0.1, -0.05) is 38.3 Å². The molecule has 0 aliphatic heterocycles. The molecule has 1 aromatic carbocycles. The van der Waals surface area contributed by atoms with Gasteiger partial charge in [0, 0.05) is 10.2 Å². The van der Waals surface area contributed by atoms with Crippen LogP contribution in [0.5, 0.6) is 0 Å². The maximum Gasteiger partial charge on any atom is 0.0635 e. The summed E-state index contributed by atoms with van der Waals surface area (Å²) in [5.41, 5.74) is 0.979. The molecular weight excluding hydrogens is 302 g/mol. The maximum atomic E-state index is 9.44. The molecule has 1 atom stereocenters. The molecule has 1 aromatic rings. The summed E-state index contributed by atoms with van der Waals surface area (Å²) in [5.74, 6) is 0.481. The molecule has 4 heteroatoms. The topological polar surface area (TPSA) is 32.3 Å². The molecule has 0 aromatic heterocycles. The van der Waals surface area contributed by atoms with E-state index in [4.69, 9.17) is 11.6 Å². The van der Waals surface area contributed by atoms with Crippen molar-refractivity contribution in [1.29, 1.82) is 0 Å². The van der Waals surface area contributed by atoms with E-state index in [2.05, 4.69) is 35.1 Å². The Labute approximate surface area is 117 Å². The van der Waals surface area contributed by atoms with Crippen LogP contribution in [-0.2, 0) is 0 Å². The second-order valence-corrected chi connectivity index (χ2v) is 5.40. The third kappa shape index (κ3) is 4.16. The van der Waals surface area contributed by atoms with Crippen molar-refractivity contribution in [1.82, 2.24) is 0 Å². The predicted molar refractivity (Wildman–Crippen MR) is 77.7 cm³/mol. The van der Waals surface area contributed by atoms with Crippen molar-refractivity contribution < 1.29 is 5.11 Å². The van der Waals surface area contributed by atoms with Crippen molar-refractivity contribution >= 4 is 33.2 Å². The quantitative estimate of drug-likeness (QED) is 0.818. The average molecular weight is 321 g/mol. The number of hydrogen-bond donors (Lipinski definition) is 2. The first kappa shape index (κ1) is 14.8. The third-order valence-corrected chi connectivity index (χ3v) is 4.30. The maximum absolute atomic E-state index is 9.44. The molecule has 2 nitrogen and oxygen atoms in total. The molecule has 0 bridgehead atoms. The van der Waals surface area contributed by atoms with Gasteiger partial charge in [0.15, 0.2) is 0 Å². The van der Waals surface area contributed by atoms with Gasteiger partial charge in [0.1, 0.15) is 0 Å². The molecule has 0 spiro atoms. The van der Waals surface area contributed by atoms with Crippen molar-refractivity contribution in [2.45, 2.75) is 32.7 Å². The van der Waals surface area contributed by atoms with E-state index in [1.54, 1.807) is 0 Å². The largest absolute Gasteiger partial charge is 0.394 e. The Kier molecular flexibility index (Phi) is 6.31. The summed E-state index contributed by atoms with van der Waals surface area (Å²) in [4.78, 5) is 0. The lowest BCUT2D eigenvalue weighted by atomic mass is 9.94. The van der Waals surface area contributed by atoms with Crippen molar-refractivity contribution in [3.8, 4) is 0 Å². The highest BCUT2D eigenvalue weighted by molar-refractivity contribution is 9.10. The number of hydrogen-bond acceptors (Lipinski definition) is 2. The van der Waals surface area contributed by atoms with E-state index in [0.717, 1.165) is 23.0 Å². The van der Waals surface area contributed by atoms with Crippen LogP contribution in [0.3, 0.4) is 0 Å². The van der Waals surface area contributed by atoms with Crippen molar-refractivity contribution in [3.63, 3.8) is 0 Å². The fourth-order valence-electron chi connectivity index (χ4n) is 1.97. The van der Waals surface area contributed by atoms with Crippen LogP contribution in [0.1, 0.15) is 26.7 Å². The smallest absolute Gasteiger partial charge is 0.0635 e. The minimum atomic E-state index is 0.0954. The molecule has 0 aliphatic carbocycles. The van der Waals surface area contributed by atoms with E-state index < -0.39 is 0 Å². The van der Waals surface area contributed by atoms with Gasteiger partial charge in [-0.25, -0.2) is 0 Å². The van der Waals surface area contributed by atoms with Crippen molar-refractivity contribution in [3.05, 3.63) is 27.7 Å². The lowest BCUT2D eigenvalue weighted by Crippen LogP contribution is -2.32. The first-order valence-electron chi connectivity index (χ1n) is 5.94. The van der Waals surface area contributed by atoms with Crippen LogP contribution in [0.2, 0.25) is 5.02 Å². The zero-order valence-corrected chi connectivity index (χ0v) is 12.6. The standard InChI is InChI=1S/C13H19BrClNO/c1-3-9(4-2)13(8-17)16-10-5-6-12(15)11(14)7-10/h5-7,9,13,16-17H,3-4,8H2,1-2H3. The zero-order valence-electron chi connectivity index (χ0n) is 10.2. The zero-order chi connectivity index (χ0) is 12.8. The number of aliphatic hydroxyl groups is 1. The first-order valence-corrected chi connectivity index (χ1v) is 7.11. The van der Waals surface area contributed by atoms with Crippen LogP contribution in [0.25, 0.3) is 0 Å². The Morgan fingerprint density at radius 3 is 2.47 bits per heavy atom. The number of anilines is 1. The third-order valence-electron chi connectivity index (χ3n) is 3.09. The van der Waals surface area contributed by atoms with Gasteiger partial charge in [-0.05, 0) is 40.0 Å². The number of rotatable bonds is 6. The summed E-state index contributed by atoms with van der Waals surface area (Å²) >= 11 is 9.34. The molecule has 1 unspecified atom stereocenters. The van der Waals surface area contributed by atoms with Crippen LogP contribution >= 0.6 is 27.5 Å². The van der Waals surface area contributed by atoms with Gasteiger partial charge < -0.3 is 10.4 Å². The van der Waals surface area contributed by atoms with Gasteiger partial charge in [0.25, 0.3) is 0 Å². The summed E-state index contributed by atoms with van der Waals surface area (Å²) in [7, 11) is 0. The Hall–Kier alpha value is -0.250. The average Bonchev–Trinajstić information content (AvgIpc) is 2.33. The van der Waals surface area contributed by atoms with E-state index in [0.29, 0.717) is 10.9 Å². The van der Waals surface area contributed by atoms with Crippen LogP contribution in [0.15, 0.2) is 22.7 Å². The minimum Gasteiger partial charge on any atom is -0.394 e. The van der Waals surface area contributed by atoms with Gasteiger partial charge in [-0.2, -0.15) is 0 Å². The first-order chi connectivity index (χ1) is 8.12. The lowest BCUT2D eigenvalue weighted by molar-refractivity contribution is 0.231. The van der Waals surface area contributed by atoms with E-state index in [1.807, 2.05) is 18.2 Å². The fraction of sp³-hybridized carbons (Fsp3) is 0.538. The molecule has 0 aliphatic rings. The highest BCUT2D eigenvalue weighted by Gasteiger charge is 2.17. The second kappa shape index (κ2) is 7.24. The van der Waals surface area contributed by atoms with Crippen LogP contribution in [0.4, 0.5) is 5.69 Å². The molecule has 0 saturated carbocycles. The van der Waals surface area contributed by atoms with Gasteiger partial charge in [0.05, 0.1) is 17.7 Å². The lowest BCUT2D eigenvalue weighted by Gasteiger charge is -2.25. The summed E-state index contributed by atoms with van der Waals surface area (Å²) in [5, 5.41) is 13.5. The van der Waals surface area contributed by atoms with E-state index in [9.17, 15) is 5.11 Å². The Balaban J connectivity index is 2.76. The summed E-state index contributed by atoms with van der Waals surface area (Å²) < 4.78 is 0.866. The Morgan fingerprint density at radius 1 is 1.35 bits per heavy atom. The normalized spacial score (nSPS) is 12.8. The monoisotopic (exact) mass is 319 g/mol. The molecule has 0 radical (unpaired) electrons. The fourth-order valence-corrected chi connectivity index (χ4v) is 2.47. The second-order valence-electron chi connectivity index (χ2n) is 4.14. The molecule has 0 heterocycles. The molecule has 1 rings (SSSR count). The molecule has 0 fully saturated rings. The van der Waals surface area contributed by atoms with Gasteiger partial charge in [-0.3, -0.25) is 0 Å². The number of aliphatic hydroxyl groups excluding tert-OH is 1. The predicted octanol–water partition coefficient (Wildman–Crippen LogP) is 4.31. The highest BCUT2D eigenvalue weighted by atomic mass is 79.9. The molecule has 0 amide bonds. The molecule has 96 valence electrons.